The Kier molecular flexibility index (Phi) is 5.18. The average molecular weight is 298 g/mol. The number of nitrogens with one attached hydrogen (secondary N) is 1. The maximum Gasteiger partial charge on any atom is 0.237 e. The first-order chi connectivity index (χ1) is 9.91. The Morgan fingerprint density at radius 3 is 2.57 bits per heavy atom. The molecule has 21 heavy (non-hydrogen) atoms. The lowest BCUT2D eigenvalue weighted by Crippen LogP contribution is -2.51. The third-order valence-corrected chi connectivity index (χ3v) is 4.47. The van der Waals surface area contributed by atoms with Gasteiger partial charge < -0.3 is 10.0 Å². The molecule has 2 aliphatic rings. The third kappa shape index (κ3) is 4.39. The van der Waals surface area contributed by atoms with E-state index in [4.69, 9.17) is 5.84 Å². The van der Waals surface area contributed by atoms with Crippen LogP contribution >= 0.6 is 0 Å². The van der Waals surface area contributed by atoms with E-state index >= 15 is 0 Å². The fourth-order valence-corrected chi connectivity index (χ4v) is 3.26. The second-order valence-electron chi connectivity index (χ2n) is 6.47. The molecule has 0 radical (unpaired) electrons. The van der Waals surface area contributed by atoms with Gasteiger partial charge in [-0.1, -0.05) is 0 Å². The van der Waals surface area contributed by atoms with Crippen molar-refractivity contribution in [3.8, 4) is 0 Å². The number of carbonyl (C=O) groups excluding carboxylic acids is 2. The molecule has 7 nitrogen and oxygen atoms in total. The van der Waals surface area contributed by atoms with Crippen molar-refractivity contribution in [2.45, 2.75) is 38.2 Å². The summed E-state index contributed by atoms with van der Waals surface area (Å²) in [6.45, 7) is 4.77. The van der Waals surface area contributed by atoms with E-state index in [0.29, 0.717) is 39.0 Å². The van der Waals surface area contributed by atoms with Gasteiger partial charge in [-0.2, -0.15) is 0 Å². The number of piperidine rings is 2. The van der Waals surface area contributed by atoms with Crippen molar-refractivity contribution in [2.75, 3.05) is 32.7 Å². The zero-order valence-corrected chi connectivity index (χ0v) is 12.7. The fourth-order valence-electron chi connectivity index (χ4n) is 3.26. The quantitative estimate of drug-likeness (QED) is 0.355. The van der Waals surface area contributed by atoms with Gasteiger partial charge in [-0.05, 0) is 39.2 Å². The van der Waals surface area contributed by atoms with E-state index in [0.717, 1.165) is 19.4 Å². The first kappa shape index (κ1) is 16.2. The highest BCUT2D eigenvalue weighted by Crippen LogP contribution is 2.21. The molecule has 2 aliphatic heterocycles. The molecule has 2 amide bonds. The van der Waals surface area contributed by atoms with Gasteiger partial charge in [0.05, 0.1) is 12.1 Å². The topological polar surface area (TPSA) is 98.9 Å². The van der Waals surface area contributed by atoms with Gasteiger partial charge in [0.1, 0.15) is 0 Å². The van der Waals surface area contributed by atoms with Gasteiger partial charge in [0.25, 0.3) is 0 Å². The molecule has 1 atom stereocenters. The number of carbonyl (C=O) groups is 2. The molecule has 7 heteroatoms. The van der Waals surface area contributed by atoms with Gasteiger partial charge in [-0.15, -0.1) is 0 Å². The molecule has 0 aliphatic carbocycles. The summed E-state index contributed by atoms with van der Waals surface area (Å²) in [6.07, 6.45) is 3.02. The molecule has 2 heterocycles. The van der Waals surface area contributed by atoms with Crippen molar-refractivity contribution in [3.05, 3.63) is 0 Å². The lowest BCUT2D eigenvalue weighted by molar-refractivity contribution is -0.137. The van der Waals surface area contributed by atoms with Crippen LogP contribution < -0.4 is 11.3 Å². The van der Waals surface area contributed by atoms with Crippen LogP contribution in [0.4, 0.5) is 0 Å². The van der Waals surface area contributed by atoms with Gasteiger partial charge in [0, 0.05) is 25.6 Å². The number of likely N-dealkylation sites (tertiary alicyclic amines) is 2. The number of β-amino-alcohol motifs (C(OH)–C–C–N with tert-alkyl or cyclic N) is 1. The Morgan fingerprint density at radius 2 is 2.00 bits per heavy atom. The summed E-state index contributed by atoms with van der Waals surface area (Å²) in [6, 6.07) is 0. The summed E-state index contributed by atoms with van der Waals surface area (Å²) in [5.41, 5.74) is 1.49. The molecule has 0 aromatic heterocycles. The number of amides is 2. The van der Waals surface area contributed by atoms with Crippen LogP contribution in [0.3, 0.4) is 0 Å². The predicted molar refractivity (Wildman–Crippen MR) is 77.9 cm³/mol. The normalized spacial score (nSPS) is 28.4. The molecule has 0 bridgehead atoms. The van der Waals surface area contributed by atoms with Crippen molar-refractivity contribution >= 4 is 11.8 Å². The minimum atomic E-state index is -0.690. The van der Waals surface area contributed by atoms with Crippen LogP contribution in [-0.4, -0.2) is 65.0 Å². The summed E-state index contributed by atoms with van der Waals surface area (Å²) in [4.78, 5) is 27.6. The maximum atomic E-state index is 12.3. The highest BCUT2D eigenvalue weighted by Gasteiger charge is 2.31. The Morgan fingerprint density at radius 1 is 1.33 bits per heavy atom. The largest absolute Gasteiger partial charge is 0.389 e. The van der Waals surface area contributed by atoms with E-state index in [-0.39, 0.29) is 17.7 Å². The van der Waals surface area contributed by atoms with Crippen LogP contribution in [-0.2, 0) is 9.59 Å². The van der Waals surface area contributed by atoms with Crippen LogP contribution in [0.2, 0.25) is 0 Å². The zero-order valence-electron chi connectivity index (χ0n) is 12.7. The Bertz CT molecular complexity index is 392. The number of nitrogens with two attached hydrogens (primary N) is 1. The molecule has 2 rings (SSSR count). The minimum Gasteiger partial charge on any atom is -0.389 e. The second-order valence-corrected chi connectivity index (χ2v) is 6.47. The number of nitrogens with zero attached hydrogens (tertiary/aromatic N) is 2. The third-order valence-electron chi connectivity index (χ3n) is 4.47. The lowest BCUT2D eigenvalue weighted by atomic mass is 9.94. The van der Waals surface area contributed by atoms with Crippen molar-refractivity contribution in [2.24, 2.45) is 11.8 Å². The standard InChI is InChI=1S/C14H26N4O3/c1-14(21)5-2-6-17(10-14)9-12(19)18-7-3-11(4-8-18)13(20)16-15/h11,21H,2-10,15H2,1H3,(H,16,20). The first-order valence-electron chi connectivity index (χ1n) is 7.64. The Hall–Kier alpha value is -1.18. The van der Waals surface area contributed by atoms with Crippen LogP contribution in [0.5, 0.6) is 0 Å². The molecule has 2 saturated heterocycles. The molecule has 0 saturated carbocycles. The van der Waals surface area contributed by atoms with Crippen LogP contribution in [0, 0.1) is 5.92 Å². The van der Waals surface area contributed by atoms with Gasteiger partial charge in [0.15, 0.2) is 0 Å². The SMILES string of the molecule is CC1(O)CCCN(CC(=O)N2CCC(C(=O)NN)CC2)C1. The van der Waals surface area contributed by atoms with Crippen molar-refractivity contribution in [1.82, 2.24) is 15.2 Å². The number of aliphatic hydroxyl groups is 1. The summed E-state index contributed by atoms with van der Waals surface area (Å²) >= 11 is 0. The van der Waals surface area contributed by atoms with E-state index in [1.165, 1.54) is 0 Å². The molecule has 2 fully saturated rings. The number of hydrogen-bond donors (Lipinski definition) is 3. The molecule has 0 spiro atoms. The van der Waals surface area contributed by atoms with Crippen LogP contribution in [0.25, 0.3) is 0 Å². The van der Waals surface area contributed by atoms with Gasteiger partial charge >= 0.3 is 0 Å². The highest BCUT2D eigenvalue weighted by atomic mass is 16.3. The molecule has 1 unspecified atom stereocenters. The number of hydrogen-bond acceptors (Lipinski definition) is 5. The average Bonchev–Trinajstić information content (AvgIpc) is 2.45. The summed E-state index contributed by atoms with van der Waals surface area (Å²) < 4.78 is 0. The van der Waals surface area contributed by atoms with Crippen molar-refractivity contribution in [3.63, 3.8) is 0 Å². The molecular formula is C14H26N4O3. The van der Waals surface area contributed by atoms with Gasteiger partial charge in [-0.3, -0.25) is 19.9 Å². The maximum absolute atomic E-state index is 12.3. The molecule has 4 N–H and O–H groups in total. The smallest absolute Gasteiger partial charge is 0.237 e. The molecular weight excluding hydrogens is 272 g/mol. The first-order valence-corrected chi connectivity index (χ1v) is 7.64. The summed E-state index contributed by atoms with van der Waals surface area (Å²) in [5.74, 6) is 4.99. The van der Waals surface area contributed by atoms with E-state index in [1.807, 2.05) is 16.7 Å². The molecule has 120 valence electrons. The van der Waals surface area contributed by atoms with Crippen LogP contribution in [0.15, 0.2) is 0 Å². The number of rotatable bonds is 3. The molecule has 0 aromatic rings. The lowest BCUT2D eigenvalue weighted by Gasteiger charge is -2.38. The second kappa shape index (κ2) is 6.72. The zero-order chi connectivity index (χ0) is 15.5. The van der Waals surface area contributed by atoms with Crippen LogP contribution in [0.1, 0.15) is 32.6 Å². The van der Waals surface area contributed by atoms with E-state index in [2.05, 4.69) is 5.43 Å². The fraction of sp³-hybridized carbons (Fsp3) is 0.857. The Labute approximate surface area is 125 Å². The van der Waals surface area contributed by atoms with E-state index in [9.17, 15) is 14.7 Å². The van der Waals surface area contributed by atoms with E-state index < -0.39 is 5.60 Å². The van der Waals surface area contributed by atoms with Gasteiger partial charge in [0.2, 0.25) is 11.8 Å². The predicted octanol–water partition coefficient (Wildman–Crippen LogP) is -0.938. The minimum absolute atomic E-state index is 0.0827. The summed E-state index contributed by atoms with van der Waals surface area (Å²) in [5, 5.41) is 10.1. The number of hydrazine groups is 1. The monoisotopic (exact) mass is 298 g/mol. The highest BCUT2D eigenvalue weighted by molar-refractivity contribution is 5.80. The van der Waals surface area contributed by atoms with Crippen molar-refractivity contribution in [1.29, 1.82) is 0 Å². The van der Waals surface area contributed by atoms with Gasteiger partial charge in [-0.25, -0.2) is 5.84 Å². The summed E-state index contributed by atoms with van der Waals surface area (Å²) in [7, 11) is 0. The Balaban J connectivity index is 1.78. The van der Waals surface area contributed by atoms with E-state index in [1.54, 1.807) is 0 Å². The van der Waals surface area contributed by atoms with Crippen molar-refractivity contribution < 1.29 is 14.7 Å². The molecule has 0 aromatic carbocycles.